The molecular formula is C14H19FN2O3. The van der Waals surface area contributed by atoms with Gasteiger partial charge in [-0.2, -0.15) is 0 Å². The Labute approximate surface area is 117 Å². The minimum atomic E-state index is -0.431. The zero-order valence-corrected chi connectivity index (χ0v) is 11.6. The molecule has 0 spiro atoms. The molecule has 1 fully saturated rings. The van der Waals surface area contributed by atoms with Crippen molar-refractivity contribution in [3.05, 3.63) is 29.6 Å². The standard InChI is InChI=1S/C14H19FN2O3/c1-9(2)16-6-10-5-11(15)3-4-13(10)19-8-12-7-17-14(18)20-12/h3-5,9,12,16H,6-8H2,1-2H3,(H,17,18). The maximum atomic E-state index is 13.3. The molecule has 0 saturated carbocycles. The van der Waals surface area contributed by atoms with Crippen LogP contribution in [-0.2, 0) is 11.3 Å². The van der Waals surface area contributed by atoms with E-state index in [1.165, 1.54) is 12.1 Å². The number of hydrogen-bond acceptors (Lipinski definition) is 4. The summed E-state index contributed by atoms with van der Waals surface area (Å²) >= 11 is 0. The third-order valence-electron chi connectivity index (χ3n) is 2.90. The van der Waals surface area contributed by atoms with Crippen LogP contribution < -0.4 is 15.4 Å². The van der Waals surface area contributed by atoms with E-state index >= 15 is 0 Å². The third-order valence-corrected chi connectivity index (χ3v) is 2.90. The van der Waals surface area contributed by atoms with E-state index in [0.29, 0.717) is 24.9 Å². The van der Waals surface area contributed by atoms with E-state index in [1.807, 2.05) is 13.8 Å². The van der Waals surface area contributed by atoms with Crippen LogP contribution in [0.4, 0.5) is 9.18 Å². The number of carbonyl (C=O) groups is 1. The first-order valence-corrected chi connectivity index (χ1v) is 6.63. The van der Waals surface area contributed by atoms with Crippen molar-refractivity contribution in [3.8, 4) is 5.75 Å². The molecule has 1 heterocycles. The molecule has 1 aliphatic heterocycles. The lowest BCUT2D eigenvalue weighted by atomic mass is 10.2. The number of ether oxygens (including phenoxy) is 2. The lowest BCUT2D eigenvalue weighted by Crippen LogP contribution is -2.24. The highest BCUT2D eigenvalue weighted by Gasteiger charge is 2.23. The Morgan fingerprint density at radius 1 is 1.55 bits per heavy atom. The number of hydrogen-bond donors (Lipinski definition) is 2. The fourth-order valence-electron chi connectivity index (χ4n) is 1.85. The second-order valence-electron chi connectivity index (χ2n) is 5.01. The first-order chi connectivity index (χ1) is 9.54. The van der Waals surface area contributed by atoms with E-state index in [-0.39, 0.29) is 18.5 Å². The molecule has 2 rings (SSSR count). The van der Waals surface area contributed by atoms with Crippen molar-refractivity contribution in [3.63, 3.8) is 0 Å². The fraction of sp³-hybridized carbons (Fsp3) is 0.500. The molecule has 20 heavy (non-hydrogen) atoms. The number of rotatable bonds is 6. The summed E-state index contributed by atoms with van der Waals surface area (Å²) in [6.07, 6.45) is -0.738. The molecule has 1 amide bonds. The molecule has 6 heteroatoms. The van der Waals surface area contributed by atoms with E-state index in [2.05, 4.69) is 10.6 Å². The summed E-state index contributed by atoms with van der Waals surface area (Å²) in [5.41, 5.74) is 0.746. The normalized spacial score (nSPS) is 18.0. The maximum absolute atomic E-state index is 13.3. The van der Waals surface area contributed by atoms with Crippen LogP contribution in [0.25, 0.3) is 0 Å². The Morgan fingerprint density at radius 2 is 2.35 bits per heavy atom. The summed E-state index contributed by atoms with van der Waals surface area (Å²) < 4.78 is 23.9. The average Bonchev–Trinajstić information content (AvgIpc) is 2.81. The smallest absolute Gasteiger partial charge is 0.407 e. The van der Waals surface area contributed by atoms with E-state index in [0.717, 1.165) is 5.56 Å². The van der Waals surface area contributed by atoms with E-state index < -0.39 is 6.09 Å². The van der Waals surface area contributed by atoms with E-state index in [4.69, 9.17) is 9.47 Å². The van der Waals surface area contributed by atoms with Gasteiger partial charge in [0.2, 0.25) is 0 Å². The number of halogens is 1. The molecule has 2 N–H and O–H groups in total. The Bertz CT molecular complexity index is 479. The molecule has 1 aromatic carbocycles. The van der Waals surface area contributed by atoms with Crippen molar-refractivity contribution in [2.45, 2.75) is 32.5 Å². The van der Waals surface area contributed by atoms with Crippen molar-refractivity contribution in [2.24, 2.45) is 0 Å². The van der Waals surface area contributed by atoms with Gasteiger partial charge in [-0.05, 0) is 18.2 Å². The van der Waals surface area contributed by atoms with E-state index in [1.54, 1.807) is 6.07 Å². The molecule has 5 nitrogen and oxygen atoms in total. The average molecular weight is 282 g/mol. The molecule has 0 bridgehead atoms. The minimum Gasteiger partial charge on any atom is -0.489 e. The largest absolute Gasteiger partial charge is 0.489 e. The SMILES string of the molecule is CC(C)NCc1cc(F)ccc1OCC1CNC(=O)O1. The molecule has 1 unspecified atom stereocenters. The van der Waals surface area contributed by atoms with Crippen molar-refractivity contribution in [1.82, 2.24) is 10.6 Å². The number of amides is 1. The van der Waals surface area contributed by atoms with Gasteiger partial charge in [-0.25, -0.2) is 9.18 Å². The predicted molar refractivity (Wildman–Crippen MR) is 72.1 cm³/mol. The minimum absolute atomic E-state index is 0.249. The van der Waals surface area contributed by atoms with Gasteiger partial charge in [0.25, 0.3) is 0 Å². The molecule has 1 aromatic rings. The van der Waals surface area contributed by atoms with Gasteiger partial charge in [0.15, 0.2) is 6.10 Å². The number of nitrogens with one attached hydrogen (secondary N) is 2. The first-order valence-electron chi connectivity index (χ1n) is 6.63. The summed E-state index contributed by atoms with van der Waals surface area (Å²) in [6, 6.07) is 4.69. The zero-order valence-electron chi connectivity index (χ0n) is 11.6. The first kappa shape index (κ1) is 14.6. The lowest BCUT2D eigenvalue weighted by Gasteiger charge is -2.15. The molecule has 0 radical (unpaired) electrons. The highest BCUT2D eigenvalue weighted by molar-refractivity contribution is 5.69. The Balaban J connectivity index is 1.96. The second-order valence-corrected chi connectivity index (χ2v) is 5.01. The number of alkyl carbamates (subject to hydrolysis) is 1. The van der Waals surface area contributed by atoms with Crippen LogP contribution in [-0.4, -0.2) is 31.4 Å². The summed E-state index contributed by atoms with van der Waals surface area (Å²) in [6.45, 7) is 5.24. The quantitative estimate of drug-likeness (QED) is 0.835. The van der Waals surface area contributed by atoms with Crippen LogP contribution in [0.15, 0.2) is 18.2 Å². The van der Waals surface area contributed by atoms with Crippen LogP contribution in [0.5, 0.6) is 5.75 Å². The van der Waals surface area contributed by atoms with Gasteiger partial charge in [-0.3, -0.25) is 0 Å². The van der Waals surface area contributed by atoms with Gasteiger partial charge in [-0.15, -0.1) is 0 Å². The zero-order chi connectivity index (χ0) is 14.5. The van der Waals surface area contributed by atoms with Crippen LogP contribution in [0.3, 0.4) is 0 Å². The number of carbonyl (C=O) groups excluding carboxylic acids is 1. The summed E-state index contributed by atoms with van der Waals surface area (Å²) in [5.74, 6) is 0.300. The summed E-state index contributed by atoms with van der Waals surface area (Å²) in [7, 11) is 0. The fourth-order valence-corrected chi connectivity index (χ4v) is 1.85. The van der Waals surface area contributed by atoms with Crippen LogP contribution >= 0.6 is 0 Å². The van der Waals surface area contributed by atoms with Crippen molar-refractivity contribution >= 4 is 6.09 Å². The highest BCUT2D eigenvalue weighted by Crippen LogP contribution is 2.20. The van der Waals surface area contributed by atoms with Crippen LogP contribution in [0.1, 0.15) is 19.4 Å². The predicted octanol–water partition coefficient (Wildman–Crippen LogP) is 1.81. The Kier molecular flexibility index (Phi) is 4.79. The molecule has 110 valence electrons. The monoisotopic (exact) mass is 282 g/mol. The van der Waals surface area contributed by atoms with Crippen molar-refractivity contribution in [1.29, 1.82) is 0 Å². The van der Waals surface area contributed by atoms with Crippen molar-refractivity contribution < 1.29 is 18.7 Å². The molecule has 1 aliphatic rings. The maximum Gasteiger partial charge on any atom is 0.407 e. The number of benzene rings is 1. The van der Waals surface area contributed by atoms with Crippen LogP contribution in [0, 0.1) is 5.82 Å². The molecule has 0 aliphatic carbocycles. The van der Waals surface area contributed by atoms with Gasteiger partial charge < -0.3 is 20.1 Å². The van der Waals surface area contributed by atoms with Gasteiger partial charge in [0.05, 0.1) is 6.54 Å². The molecule has 1 saturated heterocycles. The Hall–Kier alpha value is -1.82. The topological polar surface area (TPSA) is 59.6 Å². The van der Waals surface area contributed by atoms with Gasteiger partial charge in [0.1, 0.15) is 18.2 Å². The van der Waals surface area contributed by atoms with Crippen molar-refractivity contribution in [2.75, 3.05) is 13.2 Å². The van der Waals surface area contributed by atoms with Gasteiger partial charge >= 0.3 is 6.09 Å². The number of cyclic esters (lactones) is 1. The summed E-state index contributed by atoms with van der Waals surface area (Å²) in [5, 5.41) is 5.78. The molecular weight excluding hydrogens is 263 g/mol. The lowest BCUT2D eigenvalue weighted by molar-refractivity contribution is 0.104. The van der Waals surface area contributed by atoms with E-state index in [9.17, 15) is 9.18 Å². The van der Waals surface area contributed by atoms with Crippen LogP contribution in [0.2, 0.25) is 0 Å². The van der Waals surface area contributed by atoms with Gasteiger partial charge in [-0.1, -0.05) is 13.8 Å². The highest BCUT2D eigenvalue weighted by atomic mass is 19.1. The van der Waals surface area contributed by atoms with Gasteiger partial charge in [0, 0.05) is 18.2 Å². The molecule has 0 aromatic heterocycles. The third kappa shape index (κ3) is 4.09. The molecule has 1 atom stereocenters. The Morgan fingerprint density at radius 3 is 3.00 bits per heavy atom. The second kappa shape index (κ2) is 6.56. The summed E-state index contributed by atoms with van der Waals surface area (Å²) in [4.78, 5) is 10.9.